The first kappa shape index (κ1) is 21.8. The molecule has 0 bridgehead atoms. The van der Waals surface area contributed by atoms with Crippen molar-refractivity contribution in [2.75, 3.05) is 23.4 Å². The molecule has 146 valence electrons. The molecule has 9 nitrogen and oxygen atoms in total. The van der Waals surface area contributed by atoms with Crippen LogP contribution in [-0.4, -0.2) is 59.5 Å². The third-order valence-electron chi connectivity index (χ3n) is 3.64. The van der Waals surface area contributed by atoms with Crippen molar-refractivity contribution in [2.24, 2.45) is 0 Å². The lowest BCUT2D eigenvalue weighted by Gasteiger charge is -2.14. The number of rotatable bonds is 11. The zero-order chi connectivity index (χ0) is 19.7. The van der Waals surface area contributed by atoms with E-state index in [4.69, 9.17) is 5.11 Å². The SMILES string of the molecule is CCS(=O)(=O)CCC(NC(=O)CCCNc1nc(C)cc(C)n1)C(=O)O. The maximum Gasteiger partial charge on any atom is 0.326 e. The van der Waals surface area contributed by atoms with Crippen molar-refractivity contribution in [3.05, 3.63) is 17.5 Å². The molecular formula is C16H26N4O5S. The molecule has 1 rings (SSSR count). The summed E-state index contributed by atoms with van der Waals surface area (Å²) in [5, 5.41) is 14.5. The van der Waals surface area contributed by atoms with Gasteiger partial charge in [0.1, 0.15) is 15.9 Å². The van der Waals surface area contributed by atoms with Crippen LogP contribution >= 0.6 is 0 Å². The molecule has 0 aliphatic carbocycles. The molecule has 26 heavy (non-hydrogen) atoms. The van der Waals surface area contributed by atoms with Gasteiger partial charge in [-0.05, 0) is 32.8 Å². The molecule has 1 aromatic rings. The summed E-state index contributed by atoms with van der Waals surface area (Å²) >= 11 is 0. The maximum absolute atomic E-state index is 11.9. The zero-order valence-corrected chi connectivity index (χ0v) is 16.1. The van der Waals surface area contributed by atoms with Gasteiger partial charge < -0.3 is 15.7 Å². The Balaban J connectivity index is 2.40. The number of carboxylic acids is 1. The van der Waals surface area contributed by atoms with Crippen molar-refractivity contribution < 1.29 is 23.1 Å². The normalized spacial score (nSPS) is 12.4. The van der Waals surface area contributed by atoms with E-state index in [0.717, 1.165) is 11.4 Å². The van der Waals surface area contributed by atoms with Gasteiger partial charge in [-0.2, -0.15) is 0 Å². The second-order valence-electron chi connectivity index (χ2n) is 5.99. The molecule has 0 aromatic carbocycles. The molecule has 1 atom stereocenters. The Morgan fingerprint density at radius 1 is 1.23 bits per heavy atom. The van der Waals surface area contributed by atoms with E-state index in [0.29, 0.717) is 18.9 Å². The van der Waals surface area contributed by atoms with Gasteiger partial charge in [-0.3, -0.25) is 4.79 Å². The second kappa shape index (κ2) is 10.0. The van der Waals surface area contributed by atoms with Crippen LogP contribution in [0.1, 0.15) is 37.6 Å². The van der Waals surface area contributed by atoms with Gasteiger partial charge in [0.2, 0.25) is 11.9 Å². The number of carboxylic acid groups (broad SMARTS) is 1. The van der Waals surface area contributed by atoms with Gasteiger partial charge in [-0.15, -0.1) is 0 Å². The van der Waals surface area contributed by atoms with Crippen molar-refractivity contribution in [2.45, 2.75) is 46.1 Å². The average Bonchev–Trinajstić information content (AvgIpc) is 2.54. The molecular weight excluding hydrogens is 360 g/mol. The molecule has 0 aliphatic rings. The highest BCUT2D eigenvalue weighted by Crippen LogP contribution is 2.04. The molecule has 0 saturated heterocycles. The van der Waals surface area contributed by atoms with Crippen LogP contribution in [0, 0.1) is 13.8 Å². The summed E-state index contributed by atoms with van der Waals surface area (Å²) in [5.74, 6) is -1.52. The highest BCUT2D eigenvalue weighted by Gasteiger charge is 2.22. The van der Waals surface area contributed by atoms with E-state index >= 15 is 0 Å². The smallest absolute Gasteiger partial charge is 0.326 e. The van der Waals surface area contributed by atoms with Crippen LogP contribution in [0.15, 0.2) is 6.07 Å². The first-order valence-electron chi connectivity index (χ1n) is 8.41. The number of aromatic nitrogens is 2. The Hall–Kier alpha value is -2.23. The molecule has 1 aromatic heterocycles. The quantitative estimate of drug-likeness (QED) is 0.472. The van der Waals surface area contributed by atoms with Gasteiger partial charge >= 0.3 is 5.97 Å². The molecule has 0 fully saturated rings. The fourth-order valence-electron chi connectivity index (χ4n) is 2.22. The lowest BCUT2D eigenvalue weighted by atomic mass is 10.2. The zero-order valence-electron chi connectivity index (χ0n) is 15.3. The molecule has 10 heteroatoms. The standard InChI is InChI=1S/C16H26N4O5S/c1-4-26(24,25)9-7-13(15(22)23)20-14(21)6-5-8-17-16-18-11(2)10-12(3)19-16/h10,13H,4-9H2,1-3H3,(H,20,21)(H,22,23)(H,17,18,19). The number of aryl methyl sites for hydroxylation is 2. The van der Waals surface area contributed by atoms with Crippen LogP contribution in [0.25, 0.3) is 0 Å². The van der Waals surface area contributed by atoms with Crippen molar-refractivity contribution in [3.63, 3.8) is 0 Å². The Labute approximate surface area is 153 Å². The summed E-state index contributed by atoms with van der Waals surface area (Å²) in [6, 6.07) is 0.642. The molecule has 0 spiro atoms. The minimum atomic E-state index is -3.28. The van der Waals surface area contributed by atoms with E-state index in [1.54, 1.807) is 0 Å². The predicted octanol–water partition coefficient (Wildman–Crippen LogP) is 0.680. The molecule has 0 aliphatic heterocycles. The number of amides is 1. The molecule has 0 radical (unpaired) electrons. The number of hydrogen-bond donors (Lipinski definition) is 3. The fourth-order valence-corrected chi connectivity index (χ4v) is 3.10. The topological polar surface area (TPSA) is 138 Å². The van der Waals surface area contributed by atoms with Gasteiger partial charge in [0.05, 0.1) is 5.75 Å². The minimum Gasteiger partial charge on any atom is -0.480 e. The fraction of sp³-hybridized carbons (Fsp3) is 0.625. The molecule has 3 N–H and O–H groups in total. The third-order valence-corrected chi connectivity index (χ3v) is 5.37. The van der Waals surface area contributed by atoms with E-state index in [-0.39, 0.29) is 24.3 Å². The number of nitrogens with zero attached hydrogens (tertiary/aromatic N) is 2. The van der Waals surface area contributed by atoms with E-state index in [9.17, 15) is 18.0 Å². The van der Waals surface area contributed by atoms with Crippen LogP contribution in [0.2, 0.25) is 0 Å². The molecule has 1 heterocycles. The van der Waals surface area contributed by atoms with E-state index in [1.165, 1.54) is 6.92 Å². The highest BCUT2D eigenvalue weighted by molar-refractivity contribution is 7.91. The van der Waals surface area contributed by atoms with Crippen LogP contribution in [0.4, 0.5) is 5.95 Å². The van der Waals surface area contributed by atoms with Crippen LogP contribution in [0.5, 0.6) is 0 Å². The van der Waals surface area contributed by atoms with E-state index in [1.807, 2.05) is 19.9 Å². The molecule has 0 saturated carbocycles. The van der Waals surface area contributed by atoms with Crippen molar-refractivity contribution in [1.29, 1.82) is 0 Å². The van der Waals surface area contributed by atoms with E-state index < -0.39 is 27.8 Å². The van der Waals surface area contributed by atoms with Crippen molar-refractivity contribution in [1.82, 2.24) is 15.3 Å². The van der Waals surface area contributed by atoms with Crippen molar-refractivity contribution >= 4 is 27.7 Å². The second-order valence-corrected chi connectivity index (χ2v) is 8.46. The van der Waals surface area contributed by atoms with Crippen LogP contribution in [-0.2, 0) is 19.4 Å². The van der Waals surface area contributed by atoms with Gasteiger partial charge in [-0.1, -0.05) is 6.92 Å². The van der Waals surface area contributed by atoms with Gasteiger partial charge in [0, 0.05) is 30.1 Å². The van der Waals surface area contributed by atoms with Gasteiger partial charge in [-0.25, -0.2) is 23.2 Å². The maximum atomic E-state index is 11.9. The Bertz CT molecular complexity index is 716. The van der Waals surface area contributed by atoms with E-state index in [2.05, 4.69) is 20.6 Å². The summed E-state index contributed by atoms with van der Waals surface area (Å²) in [4.78, 5) is 31.5. The number of sulfone groups is 1. The number of anilines is 1. The average molecular weight is 386 g/mol. The van der Waals surface area contributed by atoms with Crippen LogP contribution < -0.4 is 10.6 Å². The minimum absolute atomic E-state index is 0.0561. The number of hydrogen-bond acceptors (Lipinski definition) is 7. The van der Waals surface area contributed by atoms with Gasteiger partial charge in [0.25, 0.3) is 0 Å². The summed E-state index contributed by atoms with van der Waals surface area (Å²) in [6.07, 6.45) is 0.426. The predicted molar refractivity (Wildman–Crippen MR) is 97.7 cm³/mol. The molecule has 1 amide bonds. The Morgan fingerprint density at radius 2 is 1.85 bits per heavy atom. The summed E-state index contributed by atoms with van der Waals surface area (Å²) < 4.78 is 23.0. The van der Waals surface area contributed by atoms with Crippen LogP contribution in [0.3, 0.4) is 0 Å². The van der Waals surface area contributed by atoms with Crippen molar-refractivity contribution in [3.8, 4) is 0 Å². The first-order valence-corrected chi connectivity index (χ1v) is 10.2. The molecule has 1 unspecified atom stereocenters. The first-order chi connectivity index (χ1) is 12.1. The largest absolute Gasteiger partial charge is 0.480 e. The summed E-state index contributed by atoms with van der Waals surface area (Å²) in [6.45, 7) is 5.67. The third kappa shape index (κ3) is 8.24. The lowest BCUT2D eigenvalue weighted by Crippen LogP contribution is -2.42. The van der Waals surface area contributed by atoms with Gasteiger partial charge in [0.15, 0.2) is 0 Å². The summed E-state index contributed by atoms with van der Waals surface area (Å²) in [5.41, 5.74) is 1.67. The number of carbonyl (C=O) groups is 2. The summed E-state index contributed by atoms with van der Waals surface area (Å²) in [7, 11) is -3.28. The Morgan fingerprint density at radius 3 is 2.38 bits per heavy atom. The number of nitrogens with one attached hydrogen (secondary N) is 2. The number of carbonyl (C=O) groups excluding carboxylic acids is 1. The Kier molecular flexibility index (Phi) is 8.43. The lowest BCUT2D eigenvalue weighted by molar-refractivity contribution is -0.141. The monoisotopic (exact) mass is 386 g/mol. The highest BCUT2D eigenvalue weighted by atomic mass is 32.2. The number of aliphatic carboxylic acids is 1.